The van der Waals surface area contributed by atoms with Gasteiger partial charge in [-0.1, -0.05) is 12.1 Å². The standard InChI is InChI=1S/C15H21FN2O/c1-17-11-15(7-8-15)14(19)18(2)9-6-12-4-3-5-13(16)10-12/h3-5,10,17H,6-9,11H2,1-2H3. The zero-order valence-corrected chi connectivity index (χ0v) is 11.6. The number of amides is 1. The van der Waals surface area contributed by atoms with Gasteiger partial charge in [0.05, 0.1) is 5.41 Å². The topological polar surface area (TPSA) is 32.3 Å². The molecule has 0 atom stereocenters. The first-order valence-corrected chi connectivity index (χ1v) is 6.72. The molecule has 1 aromatic rings. The van der Waals surface area contributed by atoms with Gasteiger partial charge in [-0.3, -0.25) is 4.79 Å². The van der Waals surface area contributed by atoms with Gasteiger partial charge in [0.1, 0.15) is 5.82 Å². The highest BCUT2D eigenvalue weighted by Gasteiger charge is 2.50. The van der Waals surface area contributed by atoms with E-state index in [2.05, 4.69) is 5.32 Å². The Balaban J connectivity index is 1.88. The van der Waals surface area contributed by atoms with Crippen molar-refractivity contribution in [1.29, 1.82) is 0 Å². The molecule has 1 fully saturated rings. The molecule has 1 amide bonds. The fourth-order valence-electron chi connectivity index (χ4n) is 2.45. The fraction of sp³-hybridized carbons (Fsp3) is 0.533. The second-order valence-electron chi connectivity index (χ2n) is 5.42. The highest BCUT2D eigenvalue weighted by Crippen LogP contribution is 2.46. The molecule has 0 spiro atoms. The molecule has 0 heterocycles. The third-order valence-electron chi connectivity index (χ3n) is 3.79. The van der Waals surface area contributed by atoms with E-state index in [0.29, 0.717) is 13.0 Å². The first kappa shape index (κ1) is 14.0. The van der Waals surface area contributed by atoms with Gasteiger partial charge in [-0.25, -0.2) is 4.39 Å². The van der Waals surface area contributed by atoms with Crippen LogP contribution in [-0.2, 0) is 11.2 Å². The van der Waals surface area contributed by atoms with E-state index in [1.54, 1.807) is 11.0 Å². The first-order valence-electron chi connectivity index (χ1n) is 6.72. The van der Waals surface area contributed by atoms with Gasteiger partial charge in [0, 0.05) is 20.1 Å². The van der Waals surface area contributed by atoms with E-state index in [0.717, 1.165) is 24.9 Å². The summed E-state index contributed by atoms with van der Waals surface area (Å²) < 4.78 is 13.1. The molecule has 1 N–H and O–H groups in total. The molecule has 1 aliphatic rings. The molecule has 3 nitrogen and oxygen atoms in total. The summed E-state index contributed by atoms with van der Waals surface area (Å²) in [5.41, 5.74) is 0.754. The van der Waals surface area contributed by atoms with Gasteiger partial charge in [-0.05, 0) is 44.0 Å². The van der Waals surface area contributed by atoms with Gasteiger partial charge < -0.3 is 10.2 Å². The molecular weight excluding hydrogens is 243 g/mol. The van der Waals surface area contributed by atoms with Crippen LogP contribution in [0.4, 0.5) is 4.39 Å². The Morgan fingerprint density at radius 3 is 2.79 bits per heavy atom. The molecule has 0 aromatic heterocycles. The molecule has 0 aliphatic heterocycles. The van der Waals surface area contributed by atoms with E-state index in [9.17, 15) is 9.18 Å². The molecule has 0 saturated heterocycles. The number of rotatable bonds is 6. The number of benzene rings is 1. The Bertz CT molecular complexity index is 457. The van der Waals surface area contributed by atoms with Gasteiger partial charge in [0.15, 0.2) is 0 Å². The van der Waals surface area contributed by atoms with Crippen molar-refractivity contribution in [2.75, 3.05) is 27.2 Å². The van der Waals surface area contributed by atoms with Crippen LogP contribution in [0.3, 0.4) is 0 Å². The smallest absolute Gasteiger partial charge is 0.229 e. The maximum atomic E-state index is 13.1. The highest BCUT2D eigenvalue weighted by molar-refractivity contribution is 5.85. The van der Waals surface area contributed by atoms with Crippen LogP contribution in [0, 0.1) is 11.2 Å². The van der Waals surface area contributed by atoms with Gasteiger partial charge in [0.2, 0.25) is 5.91 Å². The lowest BCUT2D eigenvalue weighted by atomic mass is 10.1. The summed E-state index contributed by atoms with van der Waals surface area (Å²) in [4.78, 5) is 14.1. The van der Waals surface area contributed by atoms with E-state index in [-0.39, 0.29) is 17.1 Å². The molecule has 1 aliphatic carbocycles. The zero-order chi connectivity index (χ0) is 13.9. The third-order valence-corrected chi connectivity index (χ3v) is 3.79. The van der Waals surface area contributed by atoms with Crippen molar-refractivity contribution < 1.29 is 9.18 Å². The Labute approximate surface area is 113 Å². The maximum absolute atomic E-state index is 13.1. The lowest BCUT2D eigenvalue weighted by molar-refractivity contribution is -0.135. The molecule has 0 radical (unpaired) electrons. The second-order valence-corrected chi connectivity index (χ2v) is 5.42. The van der Waals surface area contributed by atoms with Gasteiger partial charge in [-0.2, -0.15) is 0 Å². The van der Waals surface area contributed by atoms with Crippen molar-refractivity contribution in [3.05, 3.63) is 35.6 Å². The Morgan fingerprint density at radius 2 is 2.21 bits per heavy atom. The van der Waals surface area contributed by atoms with Crippen LogP contribution in [-0.4, -0.2) is 38.0 Å². The molecule has 1 aromatic carbocycles. The van der Waals surface area contributed by atoms with E-state index in [1.165, 1.54) is 12.1 Å². The summed E-state index contributed by atoms with van der Waals surface area (Å²) in [7, 11) is 3.71. The van der Waals surface area contributed by atoms with Gasteiger partial charge in [-0.15, -0.1) is 0 Å². The largest absolute Gasteiger partial charge is 0.345 e. The van der Waals surface area contributed by atoms with E-state index in [1.807, 2.05) is 20.2 Å². The molecule has 2 rings (SSSR count). The molecule has 0 bridgehead atoms. The van der Waals surface area contributed by atoms with Crippen LogP contribution < -0.4 is 5.32 Å². The molecule has 4 heteroatoms. The fourth-order valence-corrected chi connectivity index (χ4v) is 2.45. The first-order chi connectivity index (χ1) is 9.07. The van der Waals surface area contributed by atoms with Gasteiger partial charge >= 0.3 is 0 Å². The number of nitrogens with zero attached hydrogens (tertiary/aromatic N) is 1. The lowest BCUT2D eigenvalue weighted by Crippen LogP contribution is -2.39. The van der Waals surface area contributed by atoms with E-state index < -0.39 is 0 Å². The van der Waals surface area contributed by atoms with Crippen molar-refractivity contribution in [3.8, 4) is 0 Å². The van der Waals surface area contributed by atoms with E-state index in [4.69, 9.17) is 0 Å². The number of hydrogen-bond acceptors (Lipinski definition) is 2. The summed E-state index contributed by atoms with van der Waals surface area (Å²) in [5.74, 6) is -0.0152. The van der Waals surface area contributed by atoms with Crippen LogP contribution in [0.1, 0.15) is 18.4 Å². The summed E-state index contributed by atoms with van der Waals surface area (Å²) in [6.07, 6.45) is 2.63. The average Bonchev–Trinajstić information content (AvgIpc) is 3.16. The zero-order valence-electron chi connectivity index (χ0n) is 11.6. The molecule has 104 valence electrons. The van der Waals surface area contributed by atoms with Crippen LogP contribution in [0.25, 0.3) is 0 Å². The number of halogens is 1. The minimum absolute atomic E-state index is 0.175. The number of likely N-dealkylation sites (N-methyl/N-ethyl adjacent to an activating group) is 1. The molecule has 19 heavy (non-hydrogen) atoms. The van der Waals surface area contributed by atoms with Crippen LogP contribution in [0.5, 0.6) is 0 Å². The predicted molar refractivity (Wildman–Crippen MR) is 73.3 cm³/mol. The quantitative estimate of drug-likeness (QED) is 0.850. The normalized spacial score (nSPS) is 16.2. The minimum atomic E-state index is -0.222. The number of carbonyl (C=O) groups excluding carboxylic acids is 1. The summed E-state index contributed by atoms with van der Waals surface area (Å²) >= 11 is 0. The number of carbonyl (C=O) groups is 1. The monoisotopic (exact) mass is 264 g/mol. The van der Waals surface area contributed by atoms with Crippen molar-refractivity contribution in [3.63, 3.8) is 0 Å². The Hall–Kier alpha value is -1.42. The SMILES string of the molecule is CNCC1(C(=O)N(C)CCc2cccc(F)c2)CC1. The van der Waals surface area contributed by atoms with Crippen molar-refractivity contribution in [2.24, 2.45) is 5.41 Å². The second kappa shape index (κ2) is 5.70. The summed E-state index contributed by atoms with van der Waals surface area (Å²) in [6.45, 7) is 1.38. The third kappa shape index (κ3) is 3.32. The summed E-state index contributed by atoms with van der Waals surface area (Å²) in [5, 5.41) is 3.09. The van der Waals surface area contributed by atoms with Crippen LogP contribution >= 0.6 is 0 Å². The average molecular weight is 264 g/mol. The van der Waals surface area contributed by atoms with Crippen LogP contribution in [0.15, 0.2) is 24.3 Å². The van der Waals surface area contributed by atoms with Crippen molar-refractivity contribution in [1.82, 2.24) is 10.2 Å². The van der Waals surface area contributed by atoms with Crippen LogP contribution in [0.2, 0.25) is 0 Å². The minimum Gasteiger partial charge on any atom is -0.345 e. The Morgan fingerprint density at radius 1 is 1.47 bits per heavy atom. The lowest BCUT2D eigenvalue weighted by Gasteiger charge is -2.23. The highest BCUT2D eigenvalue weighted by atomic mass is 19.1. The Kier molecular flexibility index (Phi) is 4.20. The molecule has 0 unspecified atom stereocenters. The predicted octanol–water partition coefficient (Wildman–Crippen LogP) is 1.83. The number of nitrogens with one attached hydrogen (secondary N) is 1. The van der Waals surface area contributed by atoms with E-state index >= 15 is 0 Å². The van der Waals surface area contributed by atoms with Crippen molar-refractivity contribution >= 4 is 5.91 Å². The maximum Gasteiger partial charge on any atom is 0.229 e. The van der Waals surface area contributed by atoms with Crippen molar-refractivity contribution in [2.45, 2.75) is 19.3 Å². The number of hydrogen-bond donors (Lipinski definition) is 1. The van der Waals surface area contributed by atoms with Gasteiger partial charge in [0.25, 0.3) is 0 Å². The molecule has 1 saturated carbocycles. The molecular formula is C15H21FN2O. The summed E-state index contributed by atoms with van der Waals surface area (Å²) in [6, 6.07) is 6.56.